The first kappa shape index (κ1) is 14.0. The van der Waals surface area contributed by atoms with E-state index in [1.54, 1.807) is 22.0 Å². The van der Waals surface area contributed by atoms with Gasteiger partial charge in [0.1, 0.15) is 5.82 Å². The lowest BCUT2D eigenvalue weighted by molar-refractivity contribution is 0.566. The topological polar surface area (TPSA) is 46.9 Å². The molecule has 0 radical (unpaired) electrons. The molecular formula is C14H19N3OS. The highest BCUT2D eigenvalue weighted by atomic mass is 32.1. The molecule has 4 nitrogen and oxygen atoms in total. The molecule has 2 aromatic rings. The van der Waals surface area contributed by atoms with Crippen molar-refractivity contribution in [3.63, 3.8) is 0 Å². The minimum absolute atomic E-state index is 0.0266. The Hall–Kier alpha value is -1.46. The second kappa shape index (κ2) is 6.12. The van der Waals surface area contributed by atoms with Crippen LogP contribution in [-0.2, 0) is 13.1 Å². The van der Waals surface area contributed by atoms with Gasteiger partial charge >= 0.3 is 0 Å². The van der Waals surface area contributed by atoms with Crippen molar-refractivity contribution in [3.05, 3.63) is 49.8 Å². The van der Waals surface area contributed by atoms with Crippen molar-refractivity contribution in [3.8, 4) is 0 Å². The molecule has 2 rings (SSSR count). The number of hydrogen-bond acceptors (Lipinski definition) is 4. The summed E-state index contributed by atoms with van der Waals surface area (Å²) >= 11 is 1.80. The highest BCUT2D eigenvalue weighted by molar-refractivity contribution is 7.11. The van der Waals surface area contributed by atoms with Crippen LogP contribution in [0, 0.1) is 20.8 Å². The molecule has 2 aromatic heterocycles. The zero-order chi connectivity index (χ0) is 13.8. The number of nitrogens with one attached hydrogen (secondary N) is 1. The maximum atomic E-state index is 11.8. The van der Waals surface area contributed by atoms with Crippen molar-refractivity contribution < 1.29 is 0 Å². The molecule has 102 valence electrons. The molecule has 1 N–H and O–H groups in total. The van der Waals surface area contributed by atoms with E-state index in [2.05, 4.69) is 29.4 Å². The fourth-order valence-electron chi connectivity index (χ4n) is 2.02. The smallest absolute Gasteiger partial charge is 0.253 e. The van der Waals surface area contributed by atoms with Crippen LogP contribution in [0.3, 0.4) is 0 Å². The zero-order valence-electron chi connectivity index (χ0n) is 11.6. The Morgan fingerprint density at radius 2 is 2.11 bits per heavy atom. The maximum Gasteiger partial charge on any atom is 0.253 e. The van der Waals surface area contributed by atoms with Gasteiger partial charge in [-0.15, -0.1) is 11.3 Å². The standard InChI is InChI=1S/C14H19N3OS/c1-10-8-14(18)17(12(3)16-10)7-6-15-9-13-5-4-11(2)19-13/h4-5,8,15H,6-7,9H2,1-3H3. The molecular weight excluding hydrogens is 258 g/mol. The number of aromatic nitrogens is 2. The number of hydrogen-bond donors (Lipinski definition) is 1. The summed E-state index contributed by atoms with van der Waals surface area (Å²) in [6.07, 6.45) is 0. The minimum Gasteiger partial charge on any atom is -0.310 e. The summed E-state index contributed by atoms with van der Waals surface area (Å²) in [5, 5.41) is 3.36. The quantitative estimate of drug-likeness (QED) is 0.851. The van der Waals surface area contributed by atoms with Crippen molar-refractivity contribution in [2.24, 2.45) is 0 Å². The van der Waals surface area contributed by atoms with E-state index in [4.69, 9.17) is 0 Å². The van der Waals surface area contributed by atoms with Crippen LogP contribution < -0.4 is 10.9 Å². The molecule has 0 fully saturated rings. The van der Waals surface area contributed by atoms with Crippen LogP contribution >= 0.6 is 11.3 Å². The Labute approximate surface area is 117 Å². The van der Waals surface area contributed by atoms with Crippen molar-refractivity contribution in [2.75, 3.05) is 6.54 Å². The van der Waals surface area contributed by atoms with E-state index >= 15 is 0 Å². The molecule has 0 bridgehead atoms. The summed E-state index contributed by atoms with van der Waals surface area (Å²) in [4.78, 5) is 18.8. The maximum absolute atomic E-state index is 11.8. The van der Waals surface area contributed by atoms with Crippen molar-refractivity contribution in [2.45, 2.75) is 33.9 Å². The van der Waals surface area contributed by atoms with Gasteiger partial charge in [-0.3, -0.25) is 9.36 Å². The Morgan fingerprint density at radius 3 is 2.74 bits per heavy atom. The lowest BCUT2D eigenvalue weighted by Gasteiger charge is -2.10. The van der Waals surface area contributed by atoms with E-state index in [-0.39, 0.29) is 5.56 Å². The van der Waals surface area contributed by atoms with Gasteiger partial charge in [-0.05, 0) is 32.9 Å². The lowest BCUT2D eigenvalue weighted by Crippen LogP contribution is -2.29. The SMILES string of the molecule is Cc1cc(=O)n(CCNCc2ccc(C)s2)c(C)n1. The Bertz CT molecular complexity index is 615. The van der Waals surface area contributed by atoms with Gasteiger partial charge in [0.2, 0.25) is 0 Å². The summed E-state index contributed by atoms with van der Waals surface area (Å²) in [5.41, 5.74) is 0.805. The first-order chi connectivity index (χ1) is 9.06. The van der Waals surface area contributed by atoms with Gasteiger partial charge in [0, 0.05) is 41.1 Å². The van der Waals surface area contributed by atoms with Gasteiger partial charge in [-0.25, -0.2) is 4.98 Å². The monoisotopic (exact) mass is 277 g/mol. The minimum atomic E-state index is 0.0266. The predicted octanol–water partition coefficient (Wildman–Crippen LogP) is 2.02. The third kappa shape index (κ3) is 3.75. The molecule has 0 aliphatic rings. The summed E-state index contributed by atoms with van der Waals surface area (Å²) < 4.78 is 1.71. The Morgan fingerprint density at radius 1 is 1.32 bits per heavy atom. The molecule has 0 saturated carbocycles. The number of aryl methyl sites for hydroxylation is 3. The summed E-state index contributed by atoms with van der Waals surface area (Å²) in [6, 6.07) is 5.84. The van der Waals surface area contributed by atoms with Crippen LogP contribution in [0.4, 0.5) is 0 Å². The van der Waals surface area contributed by atoms with Gasteiger partial charge in [0.15, 0.2) is 0 Å². The van der Waals surface area contributed by atoms with E-state index in [9.17, 15) is 4.79 Å². The van der Waals surface area contributed by atoms with Gasteiger partial charge in [0.05, 0.1) is 0 Å². The fourth-order valence-corrected chi connectivity index (χ4v) is 2.88. The summed E-state index contributed by atoms with van der Waals surface area (Å²) in [6.45, 7) is 8.10. The molecule has 2 heterocycles. The largest absolute Gasteiger partial charge is 0.310 e. The summed E-state index contributed by atoms with van der Waals surface area (Å²) in [7, 11) is 0. The molecule has 0 spiro atoms. The lowest BCUT2D eigenvalue weighted by atomic mass is 10.4. The summed E-state index contributed by atoms with van der Waals surface area (Å²) in [5.74, 6) is 0.777. The third-order valence-corrected chi connectivity index (χ3v) is 3.94. The Balaban J connectivity index is 1.88. The molecule has 0 atom stereocenters. The number of rotatable bonds is 5. The van der Waals surface area contributed by atoms with E-state index in [1.807, 2.05) is 13.8 Å². The Kier molecular flexibility index (Phi) is 4.50. The van der Waals surface area contributed by atoms with E-state index in [1.165, 1.54) is 9.75 Å². The van der Waals surface area contributed by atoms with Crippen LogP contribution in [0.1, 0.15) is 21.3 Å². The van der Waals surface area contributed by atoms with Crippen LogP contribution in [0.2, 0.25) is 0 Å². The van der Waals surface area contributed by atoms with Crippen molar-refractivity contribution in [1.82, 2.24) is 14.9 Å². The van der Waals surface area contributed by atoms with E-state index < -0.39 is 0 Å². The predicted molar refractivity (Wildman–Crippen MR) is 78.7 cm³/mol. The van der Waals surface area contributed by atoms with Crippen LogP contribution in [0.25, 0.3) is 0 Å². The van der Waals surface area contributed by atoms with Gasteiger partial charge in [-0.2, -0.15) is 0 Å². The molecule has 0 unspecified atom stereocenters. The fraction of sp³-hybridized carbons (Fsp3) is 0.429. The second-order valence-corrected chi connectivity index (χ2v) is 6.00. The normalized spacial score (nSPS) is 10.9. The third-order valence-electron chi connectivity index (χ3n) is 2.93. The van der Waals surface area contributed by atoms with E-state index in [0.29, 0.717) is 6.54 Å². The average molecular weight is 277 g/mol. The number of thiophene rings is 1. The molecule has 5 heteroatoms. The molecule has 0 saturated heterocycles. The van der Waals surface area contributed by atoms with Gasteiger partial charge in [-0.1, -0.05) is 0 Å². The van der Waals surface area contributed by atoms with E-state index in [0.717, 1.165) is 24.6 Å². The number of nitrogens with zero attached hydrogens (tertiary/aromatic N) is 2. The zero-order valence-corrected chi connectivity index (χ0v) is 12.4. The molecule has 0 amide bonds. The van der Waals surface area contributed by atoms with Gasteiger partial charge in [0.25, 0.3) is 5.56 Å². The molecule has 0 aromatic carbocycles. The molecule has 19 heavy (non-hydrogen) atoms. The second-order valence-electron chi connectivity index (χ2n) is 4.62. The van der Waals surface area contributed by atoms with Crippen LogP contribution in [0.5, 0.6) is 0 Å². The van der Waals surface area contributed by atoms with Crippen molar-refractivity contribution in [1.29, 1.82) is 0 Å². The molecule has 0 aliphatic carbocycles. The van der Waals surface area contributed by atoms with Gasteiger partial charge < -0.3 is 5.32 Å². The van der Waals surface area contributed by atoms with Crippen LogP contribution in [-0.4, -0.2) is 16.1 Å². The highest BCUT2D eigenvalue weighted by Crippen LogP contribution is 2.14. The van der Waals surface area contributed by atoms with Crippen LogP contribution in [0.15, 0.2) is 23.0 Å². The average Bonchev–Trinajstić information content (AvgIpc) is 2.73. The first-order valence-electron chi connectivity index (χ1n) is 6.37. The van der Waals surface area contributed by atoms with Crippen molar-refractivity contribution >= 4 is 11.3 Å². The first-order valence-corrected chi connectivity index (χ1v) is 7.19. The molecule has 0 aliphatic heterocycles. The highest BCUT2D eigenvalue weighted by Gasteiger charge is 2.02.